The summed E-state index contributed by atoms with van der Waals surface area (Å²) in [4.78, 5) is 14.8. The van der Waals surface area contributed by atoms with Gasteiger partial charge in [-0.15, -0.1) is 0 Å². The number of nitrogens with zero attached hydrogens (tertiary/aromatic N) is 1. The third kappa shape index (κ3) is 4.53. The van der Waals surface area contributed by atoms with E-state index in [4.69, 9.17) is 4.74 Å². The Morgan fingerprint density at radius 2 is 1.95 bits per heavy atom. The van der Waals surface area contributed by atoms with Crippen molar-refractivity contribution in [3.63, 3.8) is 0 Å². The molecule has 120 valence electrons. The van der Waals surface area contributed by atoms with Crippen LogP contribution in [0.25, 0.3) is 0 Å². The maximum absolute atomic E-state index is 12.5. The van der Waals surface area contributed by atoms with E-state index in [0.717, 1.165) is 57.8 Å². The molecule has 1 aliphatic carbocycles. The van der Waals surface area contributed by atoms with Crippen molar-refractivity contribution < 1.29 is 9.53 Å². The second-order valence-corrected chi connectivity index (χ2v) is 6.03. The lowest BCUT2D eigenvalue weighted by Gasteiger charge is -2.27. The molecular formula is C17H25N3O2. The summed E-state index contributed by atoms with van der Waals surface area (Å²) in [5, 5.41) is 6.53. The summed E-state index contributed by atoms with van der Waals surface area (Å²) in [5.74, 6) is 0.0932. The Bertz CT molecular complexity index is 470. The van der Waals surface area contributed by atoms with Crippen LogP contribution in [0.1, 0.15) is 24.4 Å². The maximum Gasteiger partial charge on any atom is 0.241 e. The van der Waals surface area contributed by atoms with Crippen LogP contribution in [0.4, 0.5) is 0 Å². The average Bonchev–Trinajstić information content (AvgIpc) is 3.37. The minimum Gasteiger partial charge on any atom is -0.379 e. The van der Waals surface area contributed by atoms with Crippen molar-refractivity contribution in [1.82, 2.24) is 15.5 Å². The quantitative estimate of drug-likeness (QED) is 0.787. The lowest BCUT2D eigenvalue weighted by atomic mass is 10.1. The highest BCUT2D eigenvalue weighted by atomic mass is 16.5. The predicted molar refractivity (Wildman–Crippen MR) is 85.6 cm³/mol. The van der Waals surface area contributed by atoms with Crippen molar-refractivity contribution >= 4 is 5.91 Å². The molecule has 1 saturated heterocycles. The number of hydrogen-bond acceptors (Lipinski definition) is 4. The summed E-state index contributed by atoms with van der Waals surface area (Å²) in [7, 11) is 0. The van der Waals surface area contributed by atoms with E-state index >= 15 is 0 Å². The Hall–Kier alpha value is -1.43. The van der Waals surface area contributed by atoms with Gasteiger partial charge in [0.1, 0.15) is 6.04 Å². The zero-order chi connectivity index (χ0) is 15.2. The third-order valence-corrected chi connectivity index (χ3v) is 4.20. The van der Waals surface area contributed by atoms with E-state index in [0.29, 0.717) is 6.04 Å². The van der Waals surface area contributed by atoms with Crippen LogP contribution < -0.4 is 10.6 Å². The molecule has 5 heteroatoms. The van der Waals surface area contributed by atoms with E-state index < -0.39 is 0 Å². The zero-order valence-electron chi connectivity index (χ0n) is 13.0. The molecule has 5 nitrogen and oxygen atoms in total. The van der Waals surface area contributed by atoms with E-state index in [9.17, 15) is 4.79 Å². The fraction of sp³-hybridized carbons (Fsp3) is 0.588. The highest BCUT2D eigenvalue weighted by molar-refractivity contribution is 5.83. The van der Waals surface area contributed by atoms with Gasteiger partial charge < -0.3 is 15.4 Å². The van der Waals surface area contributed by atoms with Crippen LogP contribution >= 0.6 is 0 Å². The van der Waals surface area contributed by atoms with Crippen molar-refractivity contribution in [1.29, 1.82) is 0 Å². The van der Waals surface area contributed by atoms with Gasteiger partial charge in [-0.1, -0.05) is 30.3 Å². The summed E-state index contributed by atoms with van der Waals surface area (Å²) in [5.41, 5.74) is 1.03. The Morgan fingerprint density at radius 1 is 1.23 bits per heavy atom. The molecule has 1 saturated carbocycles. The highest BCUT2D eigenvalue weighted by Crippen LogP contribution is 2.21. The van der Waals surface area contributed by atoms with Crippen LogP contribution in [0.5, 0.6) is 0 Å². The Morgan fingerprint density at radius 3 is 2.64 bits per heavy atom. The summed E-state index contributed by atoms with van der Waals surface area (Å²) >= 11 is 0. The zero-order valence-corrected chi connectivity index (χ0v) is 13.0. The minimum absolute atomic E-state index is 0.0932. The van der Waals surface area contributed by atoms with Crippen molar-refractivity contribution in [3.05, 3.63) is 35.9 Å². The number of amides is 1. The van der Waals surface area contributed by atoms with E-state index in [1.165, 1.54) is 0 Å². The van der Waals surface area contributed by atoms with Gasteiger partial charge in [-0.3, -0.25) is 9.69 Å². The van der Waals surface area contributed by atoms with Crippen LogP contribution in [0.15, 0.2) is 30.3 Å². The van der Waals surface area contributed by atoms with Gasteiger partial charge in [-0.2, -0.15) is 0 Å². The monoisotopic (exact) mass is 303 g/mol. The number of hydrogen-bond donors (Lipinski definition) is 2. The Kier molecular flexibility index (Phi) is 5.43. The van der Waals surface area contributed by atoms with Crippen LogP contribution in [0, 0.1) is 0 Å². The molecule has 2 N–H and O–H groups in total. The van der Waals surface area contributed by atoms with E-state index in [2.05, 4.69) is 15.5 Å². The fourth-order valence-corrected chi connectivity index (χ4v) is 2.71. The Labute approximate surface area is 132 Å². The third-order valence-electron chi connectivity index (χ3n) is 4.20. The number of carbonyl (C=O) groups excluding carboxylic acids is 1. The van der Waals surface area contributed by atoms with E-state index in [1.807, 2.05) is 30.3 Å². The normalized spacial score (nSPS) is 20.5. The molecule has 3 rings (SSSR count). The van der Waals surface area contributed by atoms with Crippen LogP contribution in [-0.4, -0.2) is 56.2 Å². The average molecular weight is 303 g/mol. The number of carbonyl (C=O) groups is 1. The van der Waals surface area contributed by atoms with Gasteiger partial charge in [-0.25, -0.2) is 0 Å². The smallest absolute Gasteiger partial charge is 0.241 e. The first-order chi connectivity index (χ1) is 10.8. The molecule has 1 aliphatic heterocycles. The molecule has 22 heavy (non-hydrogen) atoms. The lowest BCUT2D eigenvalue weighted by Crippen LogP contribution is -2.44. The molecular weight excluding hydrogens is 278 g/mol. The first-order valence-corrected chi connectivity index (χ1v) is 8.22. The van der Waals surface area contributed by atoms with Crippen molar-refractivity contribution in [2.45, 2.75) is 24.9 Å². The molecule has 1 atom stereocenters. The molecule has 2 aliphatic rings. The van der Waals surface area contributed by atoms with E-state index in [1.54, 1.807) is 0 Å². The summed E-state index contributed by atoms with van der Waals surface area (Å²) in [6, 6.07) is 10.1. The molecule has 1 aromatic carbocycles. The summed E-state index contributed by atoms with van der Waals surface area (Å²) in [6.45, 7) is 5.33. The van der Waals surface area contributed by atoms with Crippen LogP contribution in [-0.2, 0) is 9.53 Å². The van der Waals surface area contributed by atoms with Gasteiger partial charge in [-0.05, 0) is 18.4 Å². The second-order valence-electron chi connectivity index (χ2n) is 6.03. The first kappa shape index (κ1) is 15.5. The molecule has 2 fully saturated rings. The van der Waals surface area contributed by atoms with Gasteiger partial charge in [0.05, 0.1) is 13.2 Å². The maximum atomic E-state index is 12.5. The molecule has 0 spiro atoms. The van der Waals surface area contributed by atoms with Crippen molar-refractivity contribution in [2.75, 3.05) is 39.4 Å². The largest absolute Gasteiger partial charge is 0.379 e. The topological polar surface area (TPSA) is 53.6 Å². The lowest BCUT2D eigenvalue weighted by molar-refractivity contribution is -0.123. The second kappa shape index (κ2) is 7.72. The summed E-state index contributed by atoms with van der Waals surface area (Å²) in [6.07, 6.45) is 2.22. The molecule has 1 heterocycles. The number of rotatable bonds is 7. The van der Waals surface area contributed by atoms with E-state index in [-0.39, 0.29) is 11.9 Å². The van der Waals surface area contributed by atoms with Gasteiger partial charge in [0.2, 0.25) is 5.91 Å². The number of nitrogens with one attached hydrogen (secondary N) is 2. The predicted octanol–water partition coefficient (Wildman–Crippen LogP) is 0.928. The molecule has 0 aromatic heterocycles. The minimum atomic E-state index is -0.261. The number of ether oxygens (including phenoxy) is 1. The van der Waals surface area contributed by atoms with Gasteiger partial charge in [0.25, 0.3) is 0 Å². The van der Waals surface area contributed by atoms with Crippen molar-refractivity contribution in [3.8, 4) is 0 Å². The number of morpholine rings is 1. The van der Waals surface area contributed by atoms with Gasteiger partial charge in [0, 0.05) is 32.2 Å². The molecule has 1 unspecified atom stereocenters. The van der Waals surface area contributed by atoms with Crippen LogP contribution in [0.3, 0.4) is 0 Å². The Balaban J connectivity index is 1.54. The molecule has 1 aromatic rings. The number of benzene rings is 1. The van der Waals surface area contributed by atoms with Crippen LogP contribution in [0.2, 0.25) is 0 Å². The SMILES string of the molecule is O=C(NC1CC1)C(NCCN1CCOCC1)c1ccccc1. The summed E-state index contributed by atoms with van der Waals surface area (Å²) < 4.78 is 5.36. The molecule has 1 amide bonds. The standard InChI is InChI=1S/C17H25N3O2/c21-17(19-15-6-7-15)16(14-4-2-1-3-5-14)18-8-9-20-10-12-22-13-11-20/h1-5,15-16,18H,6-13H2,(H,19,21). The fourth-order valence-electron chi connectivity index (χ4n) is 2.71. The van der Waals surface area contributed by atoms with Gasteiger partial charge >= 0.3 is 0 Å². The molecule has 0 radical (unpaired) electrons. The highest BCUT2D eigenvalue weighted by Gasteiger charge is 2.28. The molecule has 0 bridgehead atoms. The first-order valence-electron chi connectivity index (χ1n) is 8.22. The van der Waals surface area contributed by atoms with Gasteiger partial charge in [0.15, 0.2) is 0 Å². The van der Waals surface area contributed by atoms with Crippen molar-refractivity contribution in [2.24, 2.45) is 0 Å².